The number of aromatic nitrogens is 2. The van der Waals surface area contributed by atoms with Gasteiger partial charge >= 0.3 is 0 Å². The van der Waals surface area contributed by atoms with Gasteiger partial charge in [-0.15, -0.1) is 0 Å². The number of nitrogens with one attached hydrogen (secondary N) is 2. The number of likely N-dealkylation sites (N-methyl/N-ethyl adjacent to an activating group) is 1. The molecule has 0 radical (unpaired) electrons. The second kappa shape index (κ2) is 5.07. The van der Waals surface area contributed by atoms with Crippen LogP contribution in [0.2, 0.25) is 0 Å². The first-order chi connectivity index (χ1) is 10.3. The molecule has 21 heavy (non-hydrogen) atoms. The van der Waals surface area contributed by atoms with E-state index < -0.39 is 0 Å². The Morgan fingerprint density at radius 2 is 2.10 bits per heavy atom. The maximum absolute atomic E-state index is 4.43. The molecule has 0 bridgehead atoms. The molecule has 5 nitrogen and oxygen atoms in total. The lowest BCUT2D eigenvalue weighted by Crippen LogP contribution is -2.48. The quantitative estimate of drug-likeness (QED) is 0.874. The molecule has 4 rings (SSSR count). The summed E-state index contributed by atoms with van der Waals surface area (Å²) >= 11 is 0. The predicted octanol–water partition coefficient (Wildman–Crippen LogP) is 1.38. The Morgan fingerprint density at radius 1 is 1.24 bits per heavy atom. The number of para-hydroxylation sites is 2. The van der Waals surface area contributed by atoms with Gasteiger partial charge in [-0.2, -0.15) is 0 Å². The van der Waals surface area contributed by atoms with Gasteiger partial charge in [0.2, 0.25) is 0 Å². The van der Waals surface area contributed by atoms with Crippen LogP contribution < -0.4 is 15.1 Å². The minimum atomic E-state index is 0.470. The topological polar surface area (TPSA) is 47.2 Å². The zero-order valence-corrected chi connectivity index (χ0v) is 12.3. The Bertz CT molecular complexity index is 635. The Hall–Kier alpha value is -2.01. The Kier molecular flexibility index (Phi) is 3.07. The van der Waals surface area contributed by atoms with Gasteiger partial charge in [-0.25, -0.2) is 4.98 Å². The molecule has 110 valence electrons. The van der Waals surface area contributed by atoms with E-state index in [0.29, 0.717) is 6.04 Å². The minimum absolute atomic E-state index is 0.470. The van der Waals surface area contributed by atoms with Crippen molar-refractivity contribution in [2.75, 3.05) is 36.5 Å². The van der Waals surface area contributed by atoms with Gasteiger partial charge < -0.3 is 20.1 Å². The Morgan fingerprint density at radius 3 is 3.00 bits per heavy atom. The molecule has 5 heteroatoms. The van der Waals surface area contributed by atoms with Crippen LogP contribution in [0.3, 0.4) is 0 Å². The van der Waals surface area contributed by atoms with Crippen LogP contribution in [0.4, 0.5) is 11.4 Å². The van der Waals surface area contributed by atoms with Crippen LogP contribution in [0.15, 0.2) is 30.6 Å². The minimum Gasteiger partial charge on any atom is -0.371 e. The molecule has 0 fully saturated rings. The number of fused-ring (bicyclic) bond motifs is 2. The van der Waals surface area contributed by atoms with Crippen LogP contribution in [0, 0.1) is 0 Å². The molecule has 2 aliphatic heterocycles. The third-order valence-electron chi connectivity index (χ3n) is 4.59. The highest BCUT2D eigenvalue weighted by Crippen LogP contribution is 2.32. The third kappa shape index (κ3) is 2.27. The van der Waals surface area contributed by atoms with E-state index in [-0.39, 0.29) is 0 Å². The number of anilines is 2. The van der Waals surface area contributed by atoms with Gasteiger partial charge in [0, 0.05) is 45.7 Å². The average molecular weight is 283 g/mol. The van der Waals surface area contributed by atoms with Gasteiger partial charge in [0.05, 0.1) is 29.1 Å². The van der Waals surface area contributed by atoms with Crippen LogP contribution in [0.25, 0.3) is 0 Å². The highest BCUT2D eigenvalue weighted by atomic mass is 15.3. The van der Waals surface area contributed by atoms with Crippen molar-refractivity contribution in [1.82, 2.24) is 15.3 Å². The van der Waals surface area contributed by atoms with E-state index in [0.717, 1.165) is 32.6 Å². The summed E-state index contributed by atoms with van der Waals surface area (Å²) in [4.78, 5) is 12.5. The van der Waals surface area contributed by atoms with E-state index in [1.807, 2.05) is 0 Å². The molecule has 3 heterocycles. The van der Waals surface area contributed by atoms with Gasteiger partial charge in [0.1, 0.15) is 0 Å². The maximum Gasteiger partial charge on any atom is 0.0925 e. The van der Waals surface area contributed by atoms with Crippen molar-refractivity contribution in [3.8, 4) is 0 Å². The summed E-state index contributed by atoms with van der Waals surface area (Å²) < 4.78 is 0. The van der Waals surface area contributed by atoms with E-state index in [1.54, 1.807) is 6.33 Å². The van der Waals surface area contributed by atoms with Crippen LogP contribution in [0.1, 0.15) is 11.4 Å². The summed E-state index contributed by atoms with van der Waals surface area (Å²) in [6, 6.07) is 9.16. The highest BCUT2D eigenvalue weighted by molar-refractivity contribution is 5.73. The van der Waals surface area contributed by atoms with Gasteiger partial charge in [-0.05, 0) is 12.1 Å². The fourth-order valence-electron chi connectivity index (χ4n) is 3.38. The molecule has 0 saturated carbocycles. The molecule has 1 unspecified atom stereocenters. The number of hydrogen-bond acceptors (Lipinski definition) is 4. The number of nitrogens with zero attached hydrogens (tertiary/aromatic N) is 3. The lowest BCUT2D eigenvalue weighted by Gasteiger charge is -2.39. The van der Waals surface area contributed by atoms with Gasteiger partial charge in [0.15, 0.2) is 0 Å². The van der Waals surface area contributed by atoms with Crippen LogP contribution in [0.5, 0.6) is 0 Å². The molecule has 1 aromatic heterocycles. The highest BCUT2D eigenvalue weighted by Gasteiger charge is 2.25. The molecule has 2 aliphatic rings. The first-order valence-corrected chi connectivity index (χ1v) is 7.61. The second-order valence-corrected chi connectivity index (χ2v) is 5.97. The molecule has 2 aromatic rings. The smallest absolute Gasteiger partial charge is 0.0925 e. The zero-order chi connectivity index (χ0) is 14.2. The molecule has 0 aliphatic carbocycles. The number of hydrogen-bond donors (Lipinski definition) is 2. The van der Waals surface area contributed by atoms with Crippen LogP contribution >= 0.6 is 0 Å². The van der Waals surface area contributed by atoms with Crippen molar-refractivity contribution in [3.63, 3.8) is 0 Å². The summed E-state index contributed by atoms with van der Waals surface area (Å²) in [6.07, 6.45) is 2.81. The Balaban J connectivity index is 1.52. The SMILES string of the molecule is CN1CCN(CC2Cc3nc[nH]c3CN2)c2ccccc21. The van der Waals surface area contributed by atoms with Crippen molar-refractivity contribution < 1.29 is 0 Å². The van der Waals surface area contributed by atoms with Crippen molar-refractivity contribution >= 4 is 11.4 Å². The van der Waals surface area contributed by atoms with E-state index >= 15 is 0 Å². The summed E-state index contributed by atoms with van der Waals surface area (Å²) in [5.74, 6) is 0. The van der Waals surface area contributed by atoms with Gasteiger partial charge in [-0.1, -0.05) is 12.1 Å². The summed E-state index contributed by atoms with van der Waals surface area (Å²) in [6.45, 7) is 4.10. The van der Waals surface area contributed by atoms with Crippen molar-refractivity contribution in [2.24, 2.45) is 0 Å². The maximum atomic E-state index is 4.43. The number of aromatic amines is 1. The molecule has 0 saturated heterocycles. The molecular weight excluding hydrogens is 262 g/mol. The lowest BCUT2D eigenvalue weighted by molar-refractivity contribution is 0.463. The predicted molar refractivity (Wildman–Crippen MR) is 84.8 cm³/mol. The normalized spacial score (nSPS) is 21.1. The number of benzene rings is 1. The summed E-state index contributed by atoms with van der Waals surface area (Å²) in [5, 5.41) is 3.62. The Labute approximate surface area is 125 Å². The fraction of sp³-hybridized carbons (Fsp3) is 0.438. The van der Waals surface area contributed by atoms with Crippen LogP contribution in [-0.4, -0.2) is 42.7 Å². The fourth-order valence-corrected chi connectivity index (χ4v) is 3.38. The molecule has 1 atom stereocenters. The first-order valence-electron chi connectivity index (χ1n) is 7.61. The van der Waals surface area contributed by atoms with E-state index in [9.17, 15) is 0 Å². The van der Waals surface area contributed by atoms with E-state index in [1.165, 1.54) is 22.8 Å². The molecule has 1 aromatic carbocycles. The standard InChI is InChI=1S/C16H21N5/c1-20-6-7-21(16-5-3-2-4-15(16)20)10-12-8-13-14(9-17-12)19-11-18-13/h2-5,11-12,17H,6-10H2,1H3,(H,18,19). The molecule has 0 spiro atoms. The molecule has 0 amide bonds. The van der Waals surface area contributed by atoms with Crippen molar-refractivity contribution in [3.05, 3.63) is 42.0 Å². The molecule has 2 N–H and O–H groups in total. The monoisotopic (exact) mass is 283 g/mol. The number of imidazole rings is 1. The largest absolute Gasteiger partial charge is 0.371 e. The second-order valence-electron chi connectivity index (χ2n) is 5.97. The van der Waals surface area contributed by atoms with Gasteiger partial charge in [0.25, 0.3) is 0 Å². The van der Waals surface area contributed by atoms with E-state index in [4.69, 9.17) is 0 Å². The van der Waals surface area contributed by atoms with Crippen molar-refractivity contribution in [1.29, 1.82) is 0 Å². The first kappa shape index (κ1) is 12.7. The molecular formula is C16H21N5. The van der Waals surface area contributed by atoms with Gasteiger partial charge in [-0.3, -0.25) is 0 Å². The lowest BCUT2D eigenvalue weighted by atomic mass is 10.0. The third-order valence-corrected chi connectivity index (χ3v) is 4.59. The summed E-state index contributed by atoms with van der Waals surface area (Å²) in [5.41, 5.74) is 5.15. The number of rotatable bonds is 2. The zero-order valence-electron chi connectivity index (χ0n) is 12.3. The van der Waals surface area contributed by atoms with Crippen molar-refractivity contribution in [2.45, 2.75) is 19.0 Å². The van der Waals surface area contributed by atoms with E-state index in [2.05, 4.69) is 56.4 Å². The average Bonchev–Trinajstić information content (AvgIpc) is 2.98. The van der Waals surface area contributed by atoms with Crippen LogP contribution in [-0.2, 0) is 13.0 Å². The summed E-state index contributed by atoms with van der Waals surface area (Å²) in [7, 11) is 2.17. The number of H-pyrrole nitrogens is 1.